The zero-order chi connectivity index (χ0) is 21.6. The number of hydrogen-bond donors (Lipinski definition) is 1. The molecule has 0 aliphatic rings. The molecule has 2 aromatic carbocycles. The Labute approximate surface area is 184 Å². The van der Waals surface area contributed by atoms with E-state index in [0.717, 1.165) is 16.5 Å². The molecule has 0 spiro atoms. The fraction of sp³-hybridized carbons (Fsp3) is 0.300. The van der Waals surface area contributed by atoms with Gasteiger partial charge in [-0.2, -0.15) is 0 Å². The molecule has 0 fully saturated rings. The summed E-state index contributed by atoms with van der Waals surface area (Å²) in [6.45, 7) is 0.610. The average molecular weight is 466 g/mol. The van der Waals surface area contributed by atoms with Crippen molar-refractivity contribution < 1.29 is 17.6 Å². The first-order chi connectivity index (χ1) is 14.4. The highest BCUT2D eigenvalue weighted by molar-refractivity contribution is 7.99. The number of oxazole rings is 1. The van der Waals surface area contributed by atoms with Crippen molar-refractivity contribution in [3.05, 3.63) is 48.5 Å². The van der Waals surface area contributed by atoms with Gasteiger partial charge in [-0.1, -0.05) is 30.0 Å². The summed E-state index contributed by atoms with van der Waals surface area (Å²) in [7, 11) is -0.589. The second-order valence-corrected chi connectivity index (χ2v) is 10.8. The summed E-state index contributed by atoms with van der Waals surface area (Å²) in [5.41, 5.74) is 0.923. The molecule has 0 unspecified atom stereocenters. The van der Waals surface area contributed by atoms with Gasteiger partial charge < -0.3 is 9.73 Å². The molecule has 0 atom stereocenters. The van der Waals surface area contributed by atoms with Crippen LogP contribution < -0.4 is 5.32 Å². The van der Waals surface area contributed by atoms with Gasteiger partial charge in [0.2, 0.25) is 15.9 Å². The Hall–Kier alpha value is -2.01. The van der Waals surface area contributed by atoms with Crippen LogP contribution in [-0.4, -0.2) is 55.8 Å². The van der Waals surface area contributed by atoms with Crippen LogP contribution in [0, 0.1) is 0 Å². The first kappa shape index (κ1) is 22.7. The van der Waals surface area contributed by atoms with Crippen LogP contribution in [0.4, 0.5) is 0 Å². The average Bonchev–Trinajstić information content (AvgIpc) is 3.15. The molecule has 3 rings (SSSR count). The van der Waals surface area contributed by atoms with Gasteiger partial charge in [-0.3, -0.25) is 4.79 Å². The van der Waals surface area contributed by atoms with Crippen LogP contribution in [0.2, 0.25) is 0 Å². The number of fused-ring (bicyclic) bond motifs is 1. The van der Waals surface area contributed by atoms with Gasteiger partial charge in [-0.05, 0) is 42.5 Å². The van der Waals surface area contributed by atoms with Gasteiger partial charge in [-0.15, -0.1) is 11.8 Å². The predicted molar refractivity (Wildman–Crippen MR) is 120 cm³/mol. The third kappa shape index (κ3) is 6.00. The standard InChI is InChI=1S/C20H23N3O4S3/c1-23(2)30(25,26)16-9-10-18-17(13-16)22-20(27-18)29-14-19(24)21-11-6-12-28-15-7-4-3-5-8-15/h3-5,7-10,13H,6,11-12,14H2,1-2H3,(H,21,24). The molecule has 1 heterocycles. The minimum Gasteiger partial charge on any atom is -0.431 e. The van der Waals surface area contributed by atoms with E-state index in [4.69, 9.17) is 4.42 Å². The summed E-state index contributed by atoms with van der Waals surface area (Å²) in [5, 5.41) is 3.22. The van der Waals surface area contributed by atoms with Crippen molar-refractivity contribution in [2.45, 2.75) is 21.4 Å². The van der Waals surface area contributed by atoms with Gasteiger partial charge in [0.1, 0.15) is 5.52 Å². The maximum atomic E-state index is 12.2. The predicted octanol–water partition coefficient (Wildman–Crippen LogP) is 3.47. The zero-order valence-electron chi connectivity index (χ0n) is 16.7. The van der Waals surface area contributed by atoms with E-state index in [2.05, 4.69) is 22.4 Å². The number of nitrogens with one attached hydrogen (secondary N) is 1. The summed E-state index contributed by atoms with van der Waals surface area (Å²) < 4.78 is 31.2. The molecule has 10 heteroatoms. The number of aromatic nitrogens is 1. The molecule has 160 valence electrons. The van der Waals surface area contributed by atoms with Crippen molar-refractivity contribution in [1.29, 1.82) is 0 Å². The quantitative estimate of drug-likeness (QED) is 0.362. The number of amides is 1. The van der Waals surface area contributed by atoms with Crippen molar-refractivity contribution >= 4 is 50.6 Å². The van der Waals surface area contributed by atoms with E-state index < -0.39 is 10.0 Å². The Morgan fingerprint density at radius 3 is 2.63 bits per heavy atom. The summed E-state index contributed by atoms with van der Waals surface area (Å²) >= 11 is 2.94. The third-order valence-corrected chi connectivity index (χ3v) is 7.84. The lowest BCUT2D eigenvalue weighted by Gasteiger charge is -2.10. The minimum absolute atomic E-state index is 0.0946. The number of sulfonamides is 1. The summed E-state index contributed by atoms with van der Waals surface area (Å²) in [4.78, 5) is 17.7. The molecule has 7 nitrogen and oxygen atoms in total. The first-order valence-corrected chi connectivity index (χ1v) is 12.7. The van der Waals surface area contributed by atoms with Gasteiger partial charge in [0.25, 0.3) is 5.22 Å². The Morgan fingerprint density at radius 1 is 1.13 bits per heavy atom. The van der Waals surface area contributed by atoms with E-state index in [9.17, 15) is 13.2 Å². The number of thioether (sulfide) groups is 2. The zero-order valence-corrected chi connectivity index (χ0v) is 19.1. The minimum atomic E-state index is -3.54. The molecular weight excluding hydrogens is 442 g/mol. The maximum Gasteiger partial charge on any atom is 0.257 e. The van der Waals surface area contributed by atoms with Crippen LogP contribution in [0.5, 0.6) is 0 Å². The molecule has 30 heavy (non-hydrogen) atoms. The lowest BCUT2D eigenvalue weighted by Crippen LogP contribution is -2.26. The SMILES string of the molecule is CN(C)S(=O)(=O)c1ccc2oc(SCC(=O)NCCCSc3ccccc3)nc2c1. The Balaban J connectivity index is 1.45. The Bertz CT molecular complexity index is 1100. The molecule has 0 aliphatic carbocycles. The van der Waals surface area contributed by atoms with E-state index in [1.54, 1.807) is 17.8 Å². The van der Waals surface area contributed by atoms with E-state index in [1.165, 1.54) is 42.9 Å². The van der Waals surface area contributed by atoms with E-state index >= 15 is 0 Å². The Kier molecular flexibility index (Phi) is 7.81. The number of carbonyl (C=O) groups is 1. The summed E-state index contributed by atoms with van der Waals surface area (Å²) in [6.07, 6.45) is 0.877. The summed E-state index contributed by atoms with van der Waals surface area (Å²) in [5.74, 6) is 1.02. The molecule has 1 N–H and O–H groups in total. The maximum absolute atomic E-state index is 12.2. The normalized spacial score (nSPS) is 11.8. The smallest absolute Gasteiger partial charge is 0.257 e. The largest absolute Gasteiger partial charge is 0.431 e. The van der Waals surface area contributed by atoms with Crippen molar-refractivity contribution in [2.24, 2.45) is 0 Å². The molecule has 0 saturated carbocycles. The molecule has 3 aromatic rings. The second-order valence-electron chi connectivity index (χ2n) is 6.55. The van der Waals surface area contributed by atoms with Gasteiger partial charge >= 0.3 is 0 Å². The summed E-state index contributed by atoms with van der Waals surface area (Å²) in [6, 6.07) is 14.7. The van der Waals surface area contributed by atoms with E-state index in [0.29, 0.717) is 22.9 Å². The Morgan fingerprint density at radius 2 is 1.90 bits per heavy atom. The van der Waals surface area contributed by atoms with Crippen molar-refractivity contribution in [3.8, 4) is 0 Å². The number of carbonyl (C=O) groups excluding carboxylic acids is 1. The third-order valence-electron chi connectivity index (χ3n) is 4.10. The number of hydrogen-bond acceptors (Lipinski definition) is 7. The fourth-order valence-corrected chi connectivity index (χ4v) is 4.97. The first-order valence-electron chi connectivity index (χ1n) is 9.27. The van der Waals surface area contributed by atoms with Crippen molar-refractivity contribution in [2.75, 3.05) is 32.1 Å². The second kappa shape index (κ2) is 10.3. The monoisotopic (exact) mass is 465 g/mol. The molecule has 0 radical (unpaired) electrons. The van der Waals surface area contributed by atoms with Crippen LogP contribution in [0.3, 0.4) is 0 Å². The van der Waals surface area contributed by atoms with E-state index in [1.807, 2.05) is 18.2 Å². The molecule has 0 aliphatic heterocycles. The molecule has 1 aromatic heterocycles. The highest BCUT2D eigenvalue weighted by Crippen LogP contribution is 2.26. The lowest BCUT2D eigenvalue weighted by atomic mass is 10.3. The van der Waals surface area contributed by atoms with E-state index in [-0.39, 0.29) is 16.6 Å². The molecule has 0 bridgehead atoms. The molecular formula is C20H23N3O4S3. The van der Waals surface area contributed by atoms with Gasteiger partial charge in [0, 0.05) is 25.5 Å². The van der Waals surface area contributed by atoms with Crippen LogP contribution in [0.1, 0.15) is 6.42 Å². The number of rotatable bonds is 10. The topological polar surface area (TPSA) is 92.5 Å². The number of nitrogens with zero attached hydrogens (tertiary/aromatic N) is 2. The highest BCUT2D eigenvalue weighted by Gasteiger charge is 2.19. The molecule has 0 saturated heterocycles. The lowest BCUT2D eigenvalue weighted by molar-refractivity contribution is -0.118. The molecule has 1 amide bonds. The van der Waals surface area contributed by atoms with Gasteiger partial charge in [0.15, 0.2) is 5.58 Å². The van der Waals surface area contributed by atoms with Crippen LogP contribution in [-0.2, 0) is 14.8 Å². The highest BCUT2D eigenvalue weighted by atomic mass is 32.2. The number of benzene rings is 2. The van der Waals surface area contributed by atoms with Crippen molar-refractivity contribution in [3.63, 3.8) is 0 Å². The fourth-order valence-electron chi connectivity index (χ4n) is 2.50. The van der Waals surface area contributed by atoms with Gasteiger partial charge in [-0.25, -0.2) is 17.7 Å². The van der Waals surface area contributed by atoms with Crippen LogP contribution in [0.25, 0.3) is 11.1 Å². The van der Waals surface area contributed by atoms with Crippen LogP contribution >= 0.6 is 23.5 Å². The van der Waals surface area contributed by atoms with Gasteiger partial charge in [0.05, 0.1) is 10.6 Å². The van der Waals surface area contributed by atoms with Crippen molar-refractivity contribution in [1.82, 2.24) is 14.6 Å². The van der Waals surface area contributed by atoms with Crippen LogP contribution in [0.15, 0.2) is 68.0 Å².